The third kappa shape index (κ3) is 3.92. The number of likely N-dealkylation sites (tertiary alicyclic amines) is 1. The molecule has 3 rings (SSSR count). The minimum atomic E-state index is 0.0373. The molecule has 1 saturated heterocycles. The molecule has 0 spiro atoms. The zero-order chi connectivity index (χ0) is 16.8. The maximum Gasteiger partial charge on any atom is 0.257 e. The summed E-state index contributed by atoms with van der Waals surface area (Å²) in [5.74, 6) is 1.75. The van der Waals surface area contributed by atoms with Gasteiger partial charge in [0, 0.05) is 19.3 Å². The number of nitrogens with one attached hydrogen (secondary N) is 1. The van der Waals surface area contributed by atoms with Crippen LogP contribution in [0.2, 0.25) is 0 Å². The van der Waals surface area contributed by atoms with Crippen LogP contribution in [0.25, 0.3) is 0 Å². The SMILES string of the molecule is CNC[C@H]1CCCN(C(=O)c2ccccc2Oc2cccnc2)C1. The van der Waals surface area contributed by atoms with Gasteiger partial charge in [-0.15, -0.1) is 0 Å². The molecule has 1 atom stereocenters. The van der Waals surface area contributed by atoms with Crippen molar-refractivity contribution >= 4 is 5.91 Å². The first-order valence-electron chi connectivity index (χ1n) is 8.38. The van der Waals surface area contributed by atoms with Gasteiger partial charge in [0.15, 0.2) is 0 Å². The van der Waals surface area contributed by atoms with Crippen LogP contribution < -0.4 is 10.1 Å². The lowest BCUT2D eigenvalue weighted by Crippen LogP contribution is -2.42. The molecule has 0 radical (unpaired) electrons. The van der Waals surface area contributed by atoms with Gasteiger partial charge in [0.2, 0.25) is 0 Å². The molecule has 0 aliphatic carbocycles. The molecule has 126 valence electrons. The van der Waals surface area contributed by atoms with Crippen molar-refractivity contribution in [1.82, 2.24) is 15.2 Å². The first-order chi connectivity index (χ1) is 11.8. The van der Waals surface area contributed by atoms with Crippen LogP contribution in [0.1, 0.15) is 23.2 Å². The second kappa shape index (κ2) is 7.93. The van der Waals surface area contributed by atoms with E-state index in [0.29, 0.717) is 23.0 Å². The molecule has 1 aromatic heterocycles. The van der Waals surface area contributed by atoms with Gasteiger partial charge in [0.05, 0.1) is 11.8 Å². The van der Waals surface area contributed by atoms with Crippen LogP contribution >= 0.6 is 0 Å². The van der Waals surface area contributed by atoms with E-state index in [-0.39, 0.29) is 5.91 Å². The number of piperidine rings is 1. The van der Waals surface area contributed by atoms with Crippen molar-refractivity contribution in [1.29, 1.82) is 0 Å². The fraction of sp³-hybridized carbons (Fsp3) is 0.368. The molecule has 1 aliphatic rings. The van der Waals surface area contributed by atoms with E-state index >= 15 is 0 Å². The zero-order valence-corrected chi connectivity index (χ0v) is 13.9. The lowest BCUT2D eigenvalue weighted by atomic mass is 9.97. The highest BCUT2D eigenvalue weighted by molar-refractivity contribution is 5.97. The summed E-state index contributed by atoms with van der Waals surface area (Å²) in [4.78, 5) is 19.0. The predicted octanol–water partition coefficient (Wildman–Crippen LogP) is 2.95. The molecule has 0 bridgehead atoms. The van der Waals surface area contributed by atoms with Crippen LogP contribution in [0.4, 0.5) is 0 Å². The number of hydrogen-bond donors (Lipinski definition) is 1. The van der Waals surface area contributed by atoms with Crippen molar-refractivity contribution in [3.8, 4) is 11.5 Å². The van der Waals surface area contributed by atoms with E-state index in [9.17, 15) is 4.79 Å². The van der Waals surface area contributed by atoms with Crippen LogP contribution in [-0.2, 0) is 0 Å². The summed E-state index contributed by atoms with van der Waals surface area (Å²) < 4.78 is 5.87. The van der Waals surface area contributed by atoms with Gasteiger partial charge in [-0.3, -0.25) is 9.78 Å². The number of aromatic nitrogens is 1. The number of amides is 1. The number of carbonyl (C=O) groups excluding carboxylic acids is 1. The van der Waals surface area contributed by atoms with Gasteiger partial charge < -0.3 is 15.0 Å². The average molecular weight is 325 g/mol. The Morgan fingerprint density at radius 1 is 1.33 bits per heavy atom. The van der Waals surface area contributed by atoms with E-state index in [0.717, 1.165) is 26.1 Å². The van der Waals surface area contributed by atoms with Crippen molar-refractivity contribution in [2.45, 2.75) is 12.8 Å². The lowest BCUT2D eigenvalue weighted by molar-refractivity contribution is 0.0671. The van der Waals surface area contributed by atoms with Gasteiger partial charge in [0.25, 0.3) is 5.91 Å². The Labute approximate surface area is 142 Å². The van der Waals surface area contributed by atoms with Gasteiger partial charge in [-0.1, -0.05) is 12.1 Å². The zero-order valence-electron chi connectivity index (χ0n) is 13.9. The number of ether oxygens (including phenoxy) is 1. The number of carbonyl (C=O) groups is 1. The molecule has 1 N–H and O–H groups in total. The van der Waals surface area contributed by atoms with E-state index in [1.807, 2.05) is 48.3 Å². The number of rotatable bonds is 5. The molecule has 0 unspecified atom stereocenters. The Bertz CT molecular complexity index is 673. The predicted molar refractivity (Wildman–Crippen MR) is 93.3 cm³/mol. The average Bonchev–Trinajstić information content (AvgIpc) is 2.63. The Morgan fingerprint density at radius 2 is 2.21 bits per heavy atom. The molecule has 0 saturated carbocycles. The molecule has 2 aromatic rings. The number of nitrogens with zero attached hydrogens (tertiary/aromatic N) is 2. The highest BCUT2D eigenvalue weighted by Gasteiger charge is 2.25. The van der Waals surface area contributed by atoms with Gasteiger partial charge in [-0.05, 0) is 56.6 Å². The van der Waals surface area contributed by atoms with Gasteiger partial charge in [-0.2, -0.15) is 0 Å². The molecule has 2 heterocycles. The Morgan fingerprint density at radius 3 is 3.00 bits per heavy atom. The summed E-state index contributed by atoms with van der Waals surface area (Å²) in [5.41, 5.74) is 0.603. The summed E-state index contributed by atoms with van der Waals surface area (Å²) in [6.07, 6.45) is 5.55. The number of para-hydroxylation sites is 1. The molecule has 1 fully saturated rings. The van der Waals surface area contributed by atoms with Crippen LogP contribution in [0.5, 0.6) is 11.5 Å². The minimum absolute atomic E-state index is 0.0373. The first-order valence-corrected chi connectivity index (χ1v) is 8.38. The molecular formula is C19H23N3O2. The molecule has 5 heteroatoms. The van der Waals surface area contributed by atoms with Crippen LogP contribution in [-0.4, -0.2) is 42.5 Å². The van der Waals surface area contributed by atoms with Crippen LogP contribution in [0.3, 0.4) is 0 Å². The van der Waals surface area contributed by atoms with E-state index < -0.39 is 0 Å². The minimum Gasteiger partial charge on any atom is -0.455 e. The fourth-order valence-corrected chi connectivity index (χ4v) is 3.14. The van der Waals surface area contributed by atoms with E-state index in [4.69, 9.17) is 4.74 Å². The van der Waals surface area contributed by atoms with Crippen molar-refractivity contribution in [3.05, 3.63) is 54.4 Å². The largest absolute Gasteiger partial charge is 0.455 e. The van der Waals surface area contributed by atoms with Crippen molar-refractivity contribution in [3.63, 3.8) is 0 Å². The highest BCUT2D eigenvalue weighted by Crippen LogP contribution is 2.27. The Kier molecular flexibility index (Phi) is 5.43. The van der Waals surface area contributed by atoms with Gasteiger partial charge in [0.1, 0.15) is 11.5 Å². The maximum atomic E-state index is 13.0. The Balaban J connectivity index is 1.77. The molecule has 5 nitrogen and oxygen atoms in total. The molecule has 1 amide bonds. The van der Waals surface area contributed by atoms with E-state index in [1.165, 1.54) is 6.42 Å². The van der Waals surface area contributed by atoms with Crippen molar-refractivity contribution in [2.75, 3.05) is 26.7 Å². The van der Waals surface area contributed by atoms with Gasteiger partial charge in [-0.25, -0.2) is 0 Å². The first kappa shape index (κ1) is 16.5. The Hall–Kier alpha value is -2.40. The topological polar surface area (TPSA) is 54.5 Å². The highest BCUT2D eigenvalue weighted by atomic mass is 16.5. The summed E-state index contributed by atoms with van der Waals surface area (Å²) in [5, 5.41) is 3.21. The molecule has 24 heavy (non-hydrogen) atoms. The standard InChI is InChI=1S/C19H23N3O2/c1-20-12-15-6-5-11-22(14-15)19(23)17-8-2-3-9-18(17)24-16-7-4-10-21-13-16/h2-4,7-10,13,15,20H,5-6,11-12,14H2,1H3/t15-/m1/s1. The van der Waals surface area contributed by atoms with Crippen LogP contribution in [0.15, 0.2) is 48.8 Å². The number of pyridine rings is 1. The van der Waals surface area contributed by atoms with Crippen molar-refractivity contribution < 1.29 is 9.53 Å². The summed E-state index contributed by atoms with van der Waals surface area (Å²) >= 11 is 0. The summed E-state index contributed by atoms with van der Waals surface area (Å²) in [6.45, 7) is 2.54. The molecule has 1 aliphatic heterocycles. The normalized spacial score (nSPS) is 17.5. The second-order valence-electron chi connectivity index (χ2n) is 6.10. The quantitative estimate of drug-likeness (QED) is 0.918. The number of hydrogen-bond acceptors (Lipinski definition) is 4. The van der Waals surface area contributed by atoms with E-state index in [1.54, 1.807) is 12.4 Å². The third-order valence-corrected chi connectivity index (χ3v) is 4.28. The second-order valence-corrected chi connectivity index (χ2v) is 6.10. The maximum absolute atomic E-state index is 13.0. The van der Waals surface area contributed by atoms with Gasteiger partial charge >= 0.3 is 0 Å². The third-order valence-electron chi connectivity index (χ3n) is 4.28. The summed E-state index contributed by atoms with van der Waals surface area (Å²) in [6, 6.07) is 11.1. The lowest BCUT2D eigenvalue weighted by Gasteiger charge is -2.33. The molecule has 1 aromatic carbocycles. The van der Waals surface area contributed by atoms with Crippen molar-refractivity contribution in [2.24, 2.45) is 5.92 Å². The van der Waals surface area contributed by atoms with Crippen LogP contribution in [0, 0.1) is 5.92 Å². The number of benzene rings is 1. The molecular weight excluding hydrogens is 302 g/mol. The summed E-state index contributed by atoms with van der Waals surface area (Å²) in [7, 11) is 1.96. The fourth-order valence-electron chi connectivity index (χ4n) is 3.14. The monoisotopic (exact) mass is 325 g/mol. The van der Waals surface area contributed by atoms with E-state index in [2.05, 4.69) is 10.3 Å². The smallest absolute Gasteiger partial charge is 0.257 e.